The first-order valence-electron chi connectivity index (χ1n) is 11.2. The van der Waals surface area contributed by atoms with Crippen LogP contribution in [0.1, 0.15) is 42.3 Å². The van der Waals surface area contributed by atoms with Gasteiger partial charge >= 0.3 is 0 Å². The first-order valence-corrected chi connectivity index (χ1v) is 11.2. The minimum atomic E-state index is -0.119. The molecule has 0 saturated carbocycles. The SMILES string of the molecule is CCOc1ccc(-c2cc(C(=O)Nc3c(CC)cccc3CC)c3ccccc3n2)cc1. The van der Waals surface area contributed by atoms with E-state index in [4.69, 9.17) is 9.72 Å². The number of benzene rings is 3. The maximum Gasteiger partial charge on any atom is 0.256 e. The quantitative estimate of drug-likeness (QED) is 0.360. The summed E-state index contributed by atoms with van der Waals surface area (Å²) >= 11 is 0. The molecular weight excluding hydrogens is 396 g/mol. The lowest BCUT2D eigenvalue weighted by Crippen LogP contribution is -2.16. The number of carbonyl (C=O) groups excluding carboxylic acids is 1. The van der Waals surface area contributed by atoms with E-state index in [0.717, 1.165) is 57.6 Å². The van der Waals surface area contributed by atoms with Crippen molar-refractivity contribution in [2.24, 2.45) is 0 Å². The van der Waals surface area contributed by atoms with Crippen LogP contribution in [0.3, 0.4) is 0 Å². The fraction of sp³-hybridized carbons (Fsp3) is 0.214. The van der Waals surface area contributed by atoms with E-state index in [-0.39, 0.29) is 5.91 Å². The molecule has 0 aliphatic heterocycles. The van der Waals surface area contributed by atoms with Gasteiger partial charge < -0.3 is 10.1 Å². The van der Waals surface area contributed by atoms with Gasteiger partial charge in [-0.05, 0) is 67.3 Å². The third-order valence-corrected chi connectivity index (χ3v) is 5.66. The summed E-state index contributed by atoms with van der Waals surface area (Å²) in [6.07, 6.45) is 1.72. The van der Waals surface area contributed by atoms with Gasteiger partial charge in [-0.3, -0.25) is 4.79 Å². The lowest BCUT2D eigenvalue weighted by atomic mass is 10.0. The smallest absolute Gasteiger partial charge is 0.256 e. The molecule has 0 aliphatic carbocycles. The highest BCUT2D eigenvalue weighted by molar-refractivity contribution is 6.13. The van der Waals surface area contributed by atoms with Gasteiger partial charge in [-0.15, -0.1) is 0 Å². The number of amides is 1. The van der Waals surface area contributed by atoms with E-state index >= 15 is 0 Å². The molecule has 1 N–H and O–H groups in total. The van der Waals surface area contributed by atoms with E-state index in [2.05, 4.69) is 37.4 Å². The second-order valence-electron chi connectivity index (χ2n) is 7.64. The molecule has 0 atom stereocenters. The summed E-state index contributed by atoms with van der Waals surface area (Å²) in [6.45, 7) is 6.80. The third kappa shape index (κ3) is 4.35. The summed E-state index contributed by atoms with van der Waals surface area (Å²) in [5.74, 6) is 0.699. The first kappa shape index (κ1) is 21.6. The van der Waals surface area contributed by atoms with Gasteiger partial charge in [0.2, 0.25) is 0 Å². The van der Waals surface area contributed by atoms with Gasteiger partial charge in [-0.2, -0.15) is 0 Å². The number of anilines is 1. The second-order valence-corrected chi connectivity index (χ2v) is 7.64. The molecule has 0 radical (unpaired) electrons. The van der Waals surface area contributed by atoms with E-state index in [1.54, 1.807) is 0 Å². The number of fused-ring (bicyclic) bond motifs is 1. The summed E-state index contributed by atoms with van der Waals surface area (Å²) < 4.78 is 5.55. The van der Waals surface area contributed by atoms with Crippen LogP contribution in [0.2, 0.25) is 0 Å². The zero-order valence-electron chi connectivity index (χ0n) is 18.8. The maximum atomic E-state index is 13.5. The van der Waals surface area contributed by atoms with Crippen LogP contribution in [0.25, 0.3) is 22.2 Å². The number of nitrogens with one attached hydrogen (secondary N) is 1. The number of rotatable bonds is 7. The van der Waals surface area contributed by atoms with Crippen LogP contribution in [-0.4, -0.2) is 17.5 Å². The van der Waals surface area contributed by atoms with Crippen LogP contribution in [0, 0.1) is 0 Å². The van der Waals surface area contributed by atoms with Crippen LogP contribution in [-0.2, 0) is 12.8 Å². The van der Waals surface area contributed by atoms with Crippen molar-refractivity contribution in [2.45, 2.75) is 33.6 Å². The Kier molecular flexibility index (Phi) is 6.50. The number of para-hydroxylation sites is 2. The molecule has 3 aromatic carbocycles. The Hall–Kier alpha value is -3.66. The molecule has 0 bridgehead atoms. The number of aryl methyl sites for hydroxylation is 2. The Morgan fingerprint density at radius 2 is 1.56 bits per heavy atom. The zero-order valence-corrected chi connectivity index (χ0v) is 18.8. The van der Waals surface area contributed by atoms with Crippen LogP contribution in [0.4, 0.5) is 5.69 Å². The Morgan fingerprint density at radius 1 is 0.875 bits per heavy atom. The fourth-order valence-electron chi connectivity index (χ4n) is 3.98. The maximum absolute atomic E-state index is 13.5. The van der Waals surface area contributed by atoms with Crippen molar-refractivity contribution in [1.29, 1.82) is 0 Å². The lowest BCUT2D eigenvalue weighted by Gasteiger charge is -2.16. The van der Waals surface area contributed by atoms with Gasteiger partial charge in [0.25, 0.3) is 5.91 Å². The summed E-state index contributed by atoms with van der Waals surface area (Å²) in [7, 11) is 0. The minimum Gasteiger partial charge on any atom is -0.494 e. The van der Waals surface area contributed by atoms with E-state index in [0.29, 0.717) is 12.2 Å². The third-order valence-electron chi connectivity index (χ3n) is 5.66. The van der Waals surface area contributed by atoms with Crippen molar-refractivity contribution in [2.75, 3.05) is 11.9 Å². The summed E-state index contributed by atoms with van der Waals surface area (Å²) in [5.41, 5.74) is 6.32. The number of hydrogen-bond donors (Lipinski definition) is 1. The van der Waals surface area contributed by atoms with Crippen molar-refractivity contribution in [3.8, 4) is 17.0 Å². The van der Waals surface area contributed by atoms with Gasteiger partial charge in [0.1, 0.15) is 5.75 Å². The Morgan fingerprint density at radius 3 is 2.22 bits per heavy atom. The van der Waals surface area contributed by atoms with Gasteiger partial charge in [0, 0.05) is 16.6 Å². The summed E-state index contributed by atoms with van der Waals surface area (Å²) in [5, 5.41) is 4.05. The van der Waals surface area contributed by atoms with Gasteiger partial charge in [0.05, 0.1) is 23.4 Å². The largest absolute Gasteiger partial charge is 0.494 e. The predicted octanol–water partition coefficient (Wildman–Crippen LogP) is 6.68. The number of nitrogens with zero attached hydrogens (tertiary/aromatic N) is 1. The van der Waals surface area contributed by atoms with Crippen molar-refractivity contribution in [3.63, 3.8) is 0 Å². The van der Waals surface area contributed by atoms with E-state index in [1.165, 1.54) is 0 Å². The molecule has 0 unspecified atom stereocenters. The Bertz CT molecular complexity index is 1220. The van der Waals surface area contributed by atoms with Crippen LogP contribution >= 0.6 is 0 Å². The molecule has 4 heteroatoms. The highest BCUT2D eigenvalue weighted by atomic mass is 16.5. The summed E-state index contributed by atoms with van der Waals surface area (Å²) in [4.78, 5) is 18.3. The van der Waals surface area contributed by atoms with Crippen molar-refractivity contribution < 1.29 is 9.53 Å². The Labute approximate surface area is 189 Å². The monoisotopic (exact) mass is 424 g/mol. The van der Waals surface area contributed by atoms with E-state index in [1.807, 2.05) is 61.5 Å². The molecule has 1 aromatic heterocycles. The molecule has 0 fully saturated rings. The summed E-state index contributed by atoms with van der Waals surface area (Å²) in [6, 6.07) is 23.7. The average Bonchev–Trinajstić information content (AvgIpc) is 2.84. The highest BCUT2D eigenvalue weighted by Gasteiger charge is 2.17. The van der Waals surface area contributed by atoms with E-state index in [9.17, 15) is 4.79 Å². The number of carbonyl (C=O) groups is 1. The zero-order chi connectivity index (χ0) is 22.5. The molecule has 4 aromatic rings. The molecule has 162 valence electrons. The molecule has 1 heterocycles. The normalized spacial score (nSPS) is 10.8. The molecule has 4 nitrogen and oxygen atoms in total. The van der Waals surface area contributed by atoms with Crippen molar-refractivity contribution in [3.05, 3.63) is 89.5 Å². The van der Waals surface area contributed by atoms with Crippen LogP contribution < -0.4 is 10.1 Å². The van der Waals surface area contributed by atoms with Gasteiger partial charge in [0.15, 0.2) is 0 Å². The fourth-order valence-corrected chi connectivity index (χ4v) is 3.98. The molecule has 1 amide bonds. The molecule has 0 saturated heterocycles. The number of hydrogen-bond acceptors (Lipinski definition) is 3. The standard InChI is InChI=1S/C28H28N2O2/c1-4-19-10-9-11-20(5-2)27(19)30-28(31)24-18-26(29-25-13-8-7-12-23(24)25)21-14-16-22(17-15-21)32-6-3/h7-18H,4-6H2,1-3H3,(H,30,31). The van der Waals surface area contributed by atoms with Crippen LogP contribution in [0.15, 0.2) is 72.8 Å². The molecule has 32 heavy (non-hydrogen) atoms. The van der Waals surface area contributed by atoms with Crippen molar-refractivity contribution in [1.82, 2.24) is 4.98 Å². The number of ether oxygens (including phenoxy) is 1. The average molecular weight is 425 g/mol. The van der Waals surface area contributed by atoms with E-state index < -0.39 is 0 Å². The topological polar surface area (TPSA) is 51.2 Å². The minimum absolute atomic E-state index is 0.119. The molecule has 4 rings (SSSR count). The second kappa shape index (κ2) is 9.65. The molecule has 0 spiro atoms. The number of aromatic nitrogens is 1. The Balaban J connectivity index is 1.78. The van der Waals surface area contributed by atoms with Gasteiger partial charge in [-0.1, -0.05) is 50.2 Å². The predicted molar refractivity (Wildman–Crippen MR) is 131 cm³/mol. The first-order chi connectivity index (χ1) is 15.6. The molecular formula is C28H28N2O2. The lowest BCUT2D eigenvalue weighted by molar-refractivity contribution is 0.102. The van der Waals surface area contributed by atoms with Crippen molar-refractivity contribution >= 4 is 22.5 Å². The van der Waals surface area contributed by atoms with Crippen LogP contribution in [0.5, 0.6) is 5.75 Å². The number of pyridine rings is 1. The molecule has 0 aliphatic rings. The van der Waals surface area contributed by atoms with Gasteiger partial charge in [-0.25, -0.2) is 4.98 Å². The highest BCUT2D eigenvalue weighted by Crippen LogP contribution is 2.28.